The monoisotopic (exact) mass is 271 g/mol. The van der Waals surface area contributed by atoms with E-state index in [1.54, 1.807) is 0 Å². The molecule has 5 rings (SSSR count). The zero-order chi connectivity index (χ0) is 13.9. The minimum atomic E-state index is -0.470. The van der Waals surface area contributed by atoms with E-state index in [0.29, 0.717) is 0 Å². The molecule has 1 atom stereocenters. The van der Waals surface area contributed by atoms with Crippen molar-refractivity contribution in [3.05, 3.63) is 83.8 Å². The molecular formula is C19H13NO. The molecule has 0 saturated heterocycles. The Morgan fingerprint density at radius 1 is 0.952 bits per heavy atom. The second-order valence-electron chi connectivity index (χ2n) is 5.58. The number of fused-ring (bicyclic) bond motifs is 3. The first-order valence-electron chi connectivity index (χ1n) is 7.12. The van der Waals surface area contributed by atoms with Gasteiger partial charge in [0.05, 0.1) is 0 Å². The number of rotatable bonds is 0. The highest BCUT2D eigenvalue weighted by Crippen LogP contribution is 2.47. The molecule has 21 heavy (non-hydrogen) atoms. The highest BCUT2D eigenvalue weighted by atomic mass is 16.5. The molecule has 2 aliphatic carbocycles. The van der Waals surface area contributed by atoms with Crippen molar-refractivity contribution in [2.75, 3.05) is 0 Å². The minimum Gasteiger partial charge on any atom is -0.472 e. The quantitative estimate of drug-likeness (QED) is 0.759. The van der Waals surface area contributed by atoms with Gasteiger partial charge in [0.25, 0.3) is 0 Å². The topological polar surface area (TPSA) is 25.0 Å². The zero-order valence-electron chi connectivity index (χ0n) is 11.3. The van der Waals surface area contributed by atoms with Crippen molar-refractivity contribution in [2.45, 2.75) is 5.60 Å². The summed E-state index contributed by atoms with van der Waals surface area (Å²) in [6, 6.07) is 4.25. The van der Waals surface area contributed by atoms with E-state index in [1.807, 2.05) is 12.4 Å². The van der Waals surface area contributed by atoms with E-state index in [1.165, 1.54) is 16.5 Å². The summed E-state index contributed by atoms with van der Waals surface area (Å²) in [4.78, 5) is 3.17. The number of aromatic nitrogens is 1. The summed E-state index contributed by atoms with van der Waals surface area (Å²) >= 11 is 0. The van der Waals surface area contributed by atoms with Crippen LogP contribution in [0.1, 0.15) is 5.56 Å². The maximum Gasteiger partial charge on any atom is 0.178 e. The van der Waals surface area contributed by atoms with Gasteiger partial charge in [-0.1, -0.05) is 48.6 Å². The summed E-state index contributed by atoms with van der Waals surface area (Å²) in [5.41, 5.74) is 3.03. The Kier molecular flexibility index (Phi) is 1.92. The van der Waals surface area contributed by atoms with Crippen LogP contribution in [0.3, 0.4) is 0 Å². The first-order valence-corrected chi connectivity index (χ1v) is 7.12. The van der Waals surface area contributed by atoms with E-state index in [4.69, 9.17) is 4.74 Å². The van der Waals surface area contributed by atoms with Gasteiger partial charge in [-0.15, -0.1) is 0 Å². The Labute approximate surface area is 122 Å². The largest absolute Gasteiger partial charge is 0.472 e. The Balaban J connectivity index is 1.83. The number of ether oxygens (including phenoxy) is 1. The molecule has 0 radical (unpaired) electrons. The van der Waals surface area contributed by atoms with E-state index in [9.17, 15) is 0 Å². The molecule has 3 aliphatic rings. The van der Waals surface area contributed by atoms with Gasteiger partial charge in [0.2, 0.25) is 0 Å². The lowest BCUT2D eigenvalue weighted by atomic mass is 9.77. The lowest BCUT2D eigenvalue weighted by Crippen LogP contribution is -2.41. The molecule has 1 aromatic carbocycles. The number of allylic oxidation sites excluding steroid dienone is 4. The Hall–Kier alpha value is -2.74. The third kappa shape index (κ3) is 1.32. The van der Waals surface area contributed by atoms with Gasteiger partial charge in [-0.05, 0) is 12.2 Å². The van der Waals surface area contributed by atoms with E-state index in [2.05, 4.69) is 65.7 Å². The lowest BCUT2D eigenvalue weighted by Gasteiger charge is -2.40. The van der Waals surface area contributed by atoms with E-state index < -0.39 is 5.60 Å². The standard InChI is InChI=1S/C19H13NO/c1-2-9-19-15(4-1)5-3-6-16(19)10-13-7-8-14-11-20-12-17(14)18(13)21-19/h1-12,20H. The number of benzene rings is 1. The maximum atomic E-state index is 6.55. The second-order valence-corrected chi connectivity index (χ2v) is 5.58. The molecule has 2 heteroatoms. The van der Waals surface area contributed by atoms with Gasteiger partial charge >= 0.3 is 0 Å². The van der Waals surface area contributed by atoms with Crippen molar-refractivity contribution in [1.82, 2.24) is 4.98 Å². The van der Waals surface area contributed by atoms with Gasteiger partial charge in [0, 0.05) is 39.9 Å². The highest BCUT2D eigenvalue weighted by molar-refractivity contribution is 5.93. The Morgan fingerprint density at radius 3 is 2.90 bits per heavy atom. The van der Waals surface area contributed by atoms with E-state index >= 15 is 0 Å². The van der Waals surface area contributed by atoms with Gasteiger partial charge in [-0.3, -0.25) is 0 Å². The average Bonchev–Trinajstić information content (AvgIpc) is 3.00. The second kappa shape index (κ2) is 3.67. The molecule has 100 valence electrons. The molecule has 2 aromatic rings. The van der Waals surface area contributed by atoms with Gasteiger partial charge in [-0.25, -0.2) is 0 Å². The number of aromatic amines is 1. The summed E-state index contributed by atoms with van der Waals surface area (Å²) < 4.78 is 6.55. The molecule has 0 bridgehead atoms. The van der Waals surface area contributed by atoms with Crippen LogP contribution in [-0.2, 0) is 0 Å². The molecule has 0 fully saturated rings. The molecule has 1 aliphatic heterocycles. The molecule has 1 spiro atoms. The first kappa shape index (κ1) is 11.0. The highest BCUT2D eigenvalue weighted by Gasteiger charge is 2.41. The number of nitrogens with one attached hydrogen (secondary N) is 1. The lowest BCUT2D eigenvalue weighted by molar-refractivity contribution is 0.201. The average molecular weight is 271 g/mol. The fourth-order valence-corrected chi connectivity index (χ4v) is 3.38. The number of hydrogen-bond acceptors (Lipinski definition) is 1. The molecule has 2 heterocycles. The molecule has 1 unspecified atom stereocenters. The molecular weight excluding hydrogens is 258 g/mol. The van der Waals surface area contributed by atoms with E-state index in [-0.39, 0.29) is 0 Å². The van der Waals surface area contributed by atoms with Crippen LogP contribution in [-0.4, -0.2) is 10.6 Å². The zero-order valence-corrected chi connectivity index (χ0v) is 11.3. The first-order chi connectivity index (χ1) is 10.4. The molecule has 2 nitrogen and oxygen atoms in total. The van der Waals surface area contributed by atoms with Crippen LogP contribution in [0.25, 0.3) is 16.8 Å². The molecule has 0 saturated carbocycles. The SMILES string of the molecule is C1=CC2=CC=CC3=Cc4ccc5c[nH]cc5c4OC23C=C1. The van der Waals surface area contributed by atoms with Gasteiger partial charge < -0.3 is 9.72 Å². The summed E-state index contributed by atoms with van der Waals surface area (Å²) in [7, 11) is 0. The van der Waals surface area contributed by atoms with Crippen LogP contribution in [0.2, 0.25) is 0 Å². The van der Waals surface area contributed by atoms with Crippen molar-refractivity contribution >= 4 is 16.8 Å². The third-order valence-corrected chi connectivity index (χ3v) is 4.43. The van der Waals surface area contributed by atoms with Gasteiger partial charge in [0.15, 0.2) is 5.60 Å². The van der Waals surface area contributed by atoms with Crippen LogP contribution in [0.4, 0.5) is 0 Å². The summed E-state index contributed by atoms with van der Waals surface area (Å²) in [6.07, 6.45) is 21.0. The number of H-pyrrole nitrogens is 1. The third-order valence-electron chi connectivity index (χ3n) is 4.43. The summed E-state index contributed by atoms with van der Waals surface area (Å²) in [6.45, 7) is 0. The van der Waals surface area contributed by atoms with Crippen molar-refractivity contribution in [1.29, 1.82) is 0 Å². The normalized spacial score (nSPS) is 24.8. The van der Waals surface area contributed by atoms with Crippen LogP contribution in [0, 0.1) is 0 Å². The molecule has 0 amide bonds. The van der Waals surface area contributed by atoms with E-state index in [0.717, 1.165) is 16.7 Å². The van der Waals surface area contributed by atoms with Crippen LogP contribution < -0.4 is 4.74 Å². The van der Waals surface area contributed by atoms with Crippen LogP contribution in [0.5, 0.6) is 5.75 Å². The Morgan fingerprint density at radius 2 is 1.90 bits per heavy atom. The summed E-state index contributed by atoms with van der Waals surface area (Å²) in [5, 5.41) is 2.31. The van der Waals surface area contributed by atoms with Crippen molar-refractivity contribution < 1.29 is 4.74 Å². The minimum absolute atomic E-state index is 0.470. The van der Waals surface area contributed by atoms with Crippen LogP contribution >= 0.6 is 0 Å². The van der Waals surface area contributed by atoms with Crippen molar-refractivity contribution in [3.8, 4) is 5.75 Å². The van der Waals surface area contributed by atoms with Gasteiger partial charge in [0.1, 0.15) is 5.75 Å². The number of hydrogen-bond donors (Lipinski definition) is 1. The fraction of sp³-hybridized carbons (Fsp3) is 0.0526. The van der Waals surface area contributed by atoms with Crippen LogP contribution in [0.15, 0.2) is 78.2 Å². The predicted octanol–water partition coefficient (Wildman–Crippen LogP) is 4.30. The van der Waals surface area contributed by atoms with Crippen molar-refractivity contribution in [3.63, 3.8) is 0 Å². The smallest absolute Gasteiger partial charge is 0.178 e. The van der Waals surface area contributed by atoms with Crippen molar-refractivity contribution in [2.24, 2.45) is 0 Å². The fourth-order valence-electron chi connectivity index (χ4n) is 3.38. The Bertz CT molecular complexity index is 920. The van der Waals surface area contributed by atoms with Gasteiger partial charge in [-0.2, -0.15) is 0 Å². The molecule has 1 N–H and O–H groups in total. The maximum absolute atomic E-state index is 6.55. The molecule has 1 aromatic heterocycles. The summed E-state index contributed by atoms with van der Waals surface area (Å²) in [5.74, 6) is 0.957. The predicted molar refractivity (Wildman–Crippen MR) is 85.1 cm³/mol.